The minimum Gasteiger partial charge on any atom is -0.300 e. The highest BCUT2D eigenvalue weighted by atomic mass is 32.1. The van der Waals surface area contributed by atoms with Crippen molar-refractivity contribution in [2.24, 2.45) is 11.8 Å². The van der Waals surface area contributed by atoms with Gasteiger partial charge < -0.3 is 5.32 Å². The Balaban J connectivity index is 1.46. The summed E-state index contributed by atoms with van der Waals surface area (Å²) in [5, 5.41) is 4.78. The number of hydrogen-bond acceptors (Lipinski definition) is 5. The lowest BCUT2D eigenvalue weighted by molar-refractivity contribution is -0.146. The first-order valence-electron chi connectivity index (χ1n) is 9.00. The molecule has 8 heteroatoms. The first-order valence-corrected chi connectivity index (χ1v) is 9.88. The highest BCUT2D eigenvalue weighted by Gasteiger charge is 2.50. The highest BCUT2D eigenvalue weighted by molar-refractivity contribution is 7.14. The lowest BCUT2D eigenvalue weighted by atomic mass is 9.85. The third-order valence-electron chi connectivity index (χ3n) is 5.18. The van der Waals surface area contributed by atoms with Gasteiger partial charge in [0.25, 0.3) is 0 Å². The summed E-state index contributed by atoms with van der Waals surface area (Å²) in [5.41, 5.74) is 1.34. The zero-order valence-electron chi connectivity index (χ0n) is 15.1. The normalized spacial score (nSPS) is 22.3. The van der Waals surface area contributed by atoms with Crippen LogP contribution in [0.3, 0.4) is 0 Å². The number of amides is 3. The number of carbonyl (C=O) groups is 3. The van der Waals surface area contributed by atoms with Crippen LogP contribution in [0.4, 0.5) is 9.52 Å². The summed E-state index contributed by atoms with van der Waals surface area (Å²) in [5.74, 6) is -2.10. The van der Waals surface area contributed by atoms with Crippen molar-refractivity contribution >= 4 is 34.2 Å². The molecule has 0 saturated carbocycles. The third kappa shape index (κ3) is 3.24. The number of aromatic nitrogens is 1. The van der Waals surface area contributed by atoms with Gasteiger partial charge in [0.2, 0.25) is 17.7 Å². The van der Waals surface area contributed by atoms with E-state index >= 15 is 0 Å². The Morgan fingerprint density at radius 3 is 2.39 bits per heavy atom. The van der Waals surface area contributed by atoms with Crippen molar-refractivity contribution in [1.29, 1.82) is 0 Å². The Labute approximate surface area is 165 Å². The molecule has 0 unspecified atom stereocenters. The Kier molecular flexibility index (Phi) is 4.80. The molecule has 3 amide bonds. The molecule has 1 aromatic carbocycles. The van der Waals surface area contributed by atoms with Gasteiger partial charge in [-0.15, -0.1) is 11.3 Å². The second kappa shape index (κ2) is 7.27. The van der Waals surface area contributed by atoms with Gasteiger partial charge in [0.15, 0.2) is 5.13 Å². The second-order valence-electron chi connectivity index (χ2n) is 6.91. The van der Waals surface area contributed by atoms with E-state index < -0.39 is 11.9 Å². The number of allylic oxidation sites excluding steroid dienone is 2. The van der Waals surface area contributed by atoms with Crippen LogP contribution in [-0.4, -0.2) is 33.6 Å². The Morgan fingerprint density at radius 1 is 1.18 bits per heavy atom. The summed E-state index contributed by atoms with van der Waals surface area (Å²) in [7, 11) is 0. The molecule has 2 aromatic rings. The molecule has 1 aliphatic carbocycles. The van der Waals surface area contributed by atoms with Gasteiger partial charge in [0.05, 0.1) is 17.5 Å². The van der Waals surface area contributed by atoms with Crippen molar-refractivity contribution in [2.45, 2.75) is 25.8 Å². The van der Waals surface area contributed by atoms with E-state index in [0.29, 0.717) is 23.7 Å². The summed E-state index contributed by atoms with van der Waals surface area (Å²) in [6.45, 7) is 1.55. The molecule has 3 atom stereocenters. The van der Waals surface area contributed by atoms with Gasteiger partial charge in [-0.2, -0.15) is 0 Å². The van der Waals surface area contributed by atoms with Crippen LogP contribution in [-0.2, 0) is 14.4 Å². The maximum Gasteiger partial charge on any atom is 0.249 e. The van der Waals surface area contributed by atoms with Crippen molar-refractivity contribution in [3.05, 3.63) is 47.6 Å². The van der Waals surface area contributed by atoms with Crippen molar-refractivity contribution in [2.75, 3.05) is 5.32 Å². The SMILES string of the molecule is C[C@@H](C(=O)Nc1nc(-c2ccc(F)cc2)cs1)N1C(=O)[C@@H]2CC=CC[C@H]2C1=O. The molecular formula is C20H18FN3O3S. The number of carbonyl (C=O) groups excluding carboxylic acids is 3. The zero-order chi connectivity index (χ0) is 19.8. The summed E-state index contributed by atoms with van der Waals surface area (Å²) in [6, 6.07) is 4.98. The molecular weight excluding hydrogens is 381 g/mol. The van der Waals surface area contributed by atoms with E-state index in [1.54, 1.807) is 24.4 Å². The third-order valence-corrected chi connectivity index (χ3v) is 5.94. The molecule has 144 valence electrons. The van der Waals surface area contributed by atoms with Crippen molar-refractivity contribution < 1.29 is 18.8 Å². The first-order chi connectivity index (χ1) is 13.5. The average Bonchev–Trinajstić information content (AvgIpc) is 3.25. The van der Waals surface area contributed by atoms with Crippen LogP contribution in [0.5, 0.6) is 0 Å². The number of anilines is 1. The fourth-order valence-electron chi connectivity index (χ4n) is 3.62. The minimum atomic E-state index is -0.913. The quantitative estimate of drug-likeness (QED) is 0.632. The van der Waals surface area contributed by atoms with E-state index in [4.69, 9.17) is 0 Å². The van der Waals surface area contributed by atoms with Gasteiger partial charge in [-0.1, -0.05) is 12.2 Å². The van der Waals surface area contributed by atoms with Crippen LogP contribution in [0.1, 0.15) is 19.8 Å². The number of fused-ring (bicyclic) bond motifs is 1. The monoisotopic (exact) mass is 399 g/mol. The number of nitrogens with zero attached hydrogens (tertiary/aromatic N) is 2. The Hall–Kier alpha value is -2.87. The van der Waals surface area contributed by atoms with Crippen LogP contribution in [0.2, 0.25) is 0 Å². The maximum absolute atomic E-state index is 13.1. The zero-order valence-corrected chi connectivity index (χ0v) is 15.9. The number of imide groups is 1. The summed E-state index contributed by atoms with van der Waals surface area (Å²) in [4.78, 5) is 43.3. The molecule has 28 heavy (non-hydrogen) atoms. The van der Waals surface area contributed by atoms with E-state index in [0.717, 1.165) is 10.5 Å². The number of thiazole rings is 1. The van der Waals surface area contributed by atoms with Gasteiger partial charge in [-0.25, -0.2) is 9.37 Å². The summed E-state index contributed by atoms with van der Waals surface area (Å²) >= 11 is 1.22. The summed E-state index contributed by atoms with van der Waals surface area (Å²) < 4.78 is 13.1. The maximum atomic E-state index is 13.1. The van der Waals surface area contributed by atoms with E-state index in [-0.39, 0.29) is 29.5 Å². The smallest absolute Gasteiger partial charge is 0.249 e. The predicted molar refractivity (Wildman–Crippen MR) is 103 cm³/mol. The Bertz CT molecular complexity index is 943. The van der Waals surface area contributed by atoms with Crippen molar-refractivity contribution in [3.8, 4) is 11.3 Å². The number of benzene rings is 1. The van der Waals surface area contributed by atoms with Crippen LogP contribution >= 0.6 is 11.3 Å². The molecule has 6 nitrogen and oxygen atoms in total. The molecule has 0 bridgehead atoms. The molecule has 2 heterocycles. The van der Waals surface area contributed by atoms with Crippen LogP contribution in [0, 0.1) is 17.7 Å². The number of hydrogen-bond donors (Lipinski definition) is 1. The van der Waals surface area contributed by atoms with Crippen molar-refractivity contribution in [1.82, 2.24) is 9.88 Å². The second-order valence-corrected chi connectivity index (χ2v) is 7.77. The largest absolute Gasteiger partial charge is 0.300 e. The van der Waals surface area contributed by atoms with Gasteiger partial charge in [0.1, 0.15) is 11.9 Å². The number of halogens is 1. The average molecular weight is 399 g/mol. The number of nitrogens with one attached hydrogen (secondary N) is 1. The first kappa shape index (κ1) is 18.5. The van der Waals surface area contributed by atoms with E-state index in [2.05, 4.69) is 10.3 Å². The fraction of sp³-hybridized carbons (Fsp3) is 0.300. The lowest BCUT2D eigenvalue weighted by Gasteiger charge is -2.21. The molecule has 1 aliphatic heterocycles. The van der Waals surface area contributed by atoms with Crippen LogP contribution < -0.4 is 5.32 Å². The molecule has 0 spiro atoms. The van der Waals surface area contributed by atoms with Crippen LogP contribution in [0.25, 0.3) is 11.3 Å². The minimum absolute atomic E-state index is 0.284. The fourth-order valence-corrected chi connectivity index (χ4v) is 4.34. The van der Waals surface area contributed by atoms with Gasteiger partial charge >= 0.3 is 0 Å². The molecule has 1 N–H and O–H groups in total. The standard InChI is InChI=1S/C20H18FN3O3S/c1-11(24-18(26)14-4-2-3-5-15(14)19(24)27)17(25)23-20-22-16(10-28-20)12-6-8-13(21)9-7-12/h2-3,6-11,14-15H,4-5H2,1H3,(H,22,23,25)/t11-,14+,15+/m0/s1. The number of rotatable bonds is 4. The van der Waals surface area contributed by atoms with Crippen molar-refractivity contribution in [3.63, 3.8) is 0 Å². The van der Waals surface area contributed by atoms with E-state index in [1.807, 2.05) is 12.2 Å². The van der Waals surface area contributed by atoms with Gasteiger partial charge in [-0.3, -0.25) is 19.3 Å². The molecule has 1 saturated heterocycles. The van der Waals surface area contributed by atoms with Gasteiger partial charge in [-0.05, 0) is 44.0 Å². The topological polar surface area (TPSA) is 79.4 Å². The lowest BCUT2D eigenvalue weighted by Crippen LogP contribution is -2.46. The van der Waals surface area contributed by atoms with Crippen LogP contribution in [0.15, 0.2) is 41.8 Å². The molecule has 4 rings (SSSR count). The van der Waals surface area contributed by atoms with E-state index in [1.165, 1.54) is 23.5 Å². The highest BCUT2D eigenvalue weighted by Crippen LogP contribution is 2.36. The molecule has 2 aliphatic rings. The molecule has 1 fully saturated rings. The molecule has 1 aromatic heterocycles. The van der Waals surface area contributed by atoms with Gasteiger partial charge in [0, 0.05) is 10.9 Å². The predicted octanol–water partition coefficient (Wildman–Crippen LogP) is 3.23. The molecule has 0 radical (unpaired) electrons. The van der Waals surface area contributed by atoms with E-state index in [9.17, 15) is 18.8 Å². The summed E-state index contributed by atoms with van der Waals surface area (Å²) in [6.07, 6.45) is 4.89. The number of likely N-dealkylation sites (tertiary alicyclic amines) is 1. The Morgan fingerprint density at radius 2 is 1.79 bits per heavy atom.